The van der Waals surface area contributed by atoms with E-state index in [1.807, 2.05) is 0 Å². The van der Waals surface area contributed by atoms with E-state index in [-0.39, 0.29) is 5.57 Å². The number of hydrogen-bond acceptors (Lipinski definition) is 4. The summed E-state index contributed by atoms with van der Waals surface area (Å²) in [5.74, 6) is 5.83. The molecule has 0 aromatic heterocycles. The highest BCUT2D eigenvalue weighted by Gasteiger charge is 2.09. The van der Waals surface area contributed by atoms with E-state index < -0.39 is 14.0 Å². The average Bonchev–Trinajstić information content (AvgIpc) is 2.39. The van der Waals surface area contributed by atoms with Gasteiger partial charge in [0, 0.05) is 25.2 Å². The number of aliphatic hydroxyl groups is 1. The Labute approximate surface area is 123 Å². The summed E-state index contributed by atoms with van der Waals surface area (Å²) in [7, 11) is 0.222. The second kappa shape index (κ2) is 10.3. The van der Waals surface area contributed by atoms with Gasteiger partial charge >= 0.3 is 5.97 Å². The number of carbonyl (C=O) groups is 1. The second-order valence-electron chi connectivity index (χ2n) is 5.66. The van der Waals surface area contributed by atoms with Crippen LogP contribution in [0, 0.1) is 11.8 Å². The van der Waals surface area contributed by atoms with Crippen LogP contribution >= 0.6 is 0 Å². The Morgan fingerprint density at radius 3 is 2.55 bits per heavy atom. The molecule has 20 heavy (non-hydrogen) atoms. The molecule has 4 nitrogen and oxygen atoms in total. The van der Waals surface area contributed by atoms with E-state index in [0.717, 1.165) is 25.3 Å². The maximum atomic E-state index is 11.1. The molecular formula is C15H25NO3Si. The van der Waals surface area contributed by atoms with Gasteiger partial charge in [-0.3, -0.25) is 4.99 Å². The molecule has 0 aromatic rings. The SMILES string of the molecule is COC(=O)/C(C=NCCCCC#CC[Si](C)(C)C)=C/O. The molecule has 0 aromatic carbocycles. The van der Waals surface area contributed by atoms with E-state index in [1.54, 1.807) is 0 Å². The molecule has 5 heteroatoms. The zero-order chi connectivity index (χ0) is 15.4. The summed E-state index contributed by atoms with van der Waals surface area (Å²) in [5.41, 5.74) is 0.0578. The molecule has 0 spiro atoms. The molecule has 0 radical (unpaired) electrons. The van der Waals surface area contributed by atoms with Gasteiger partial charge in [-0.1, -0.05) is 19.6 Å². The molecule has 0 rings (SSSR count). The number of hydrogen-bond donors (Lipinski definition) is 1. The van der Waals surface area contributed by atoms with Gasteiger partial charge in [0.25, 0.3) is 0 Å². The number of carbonyl (C=O) groups excluding carboxylic acids is 1. The van der Waals surface area contributed by atoms with Gasteiger partial charge in [-0.05, 0) is 12.8 Å². The predicted octanol–water partition coefficient (Wildman–Crippen LogP) is 3.18. The molecular weight excluding hydrogens is 270 g/mol. The third-order valence-electron chi connectivity index (χ3n) is 2.37. The minimum absolute atomic E-state index is 0.0578. The van der Waals surface area contributed by atoms with Crippen LogP contribution < -0.4 is 0 Å². The largest absolute Gasteiger partial charge is 0.515 e. The van der Waals surface area contributed by atoms with E-state index in [4.69, 9.17) is 5.11 Å². The Morgan fingerprint density at radius 2 is 2.00 bits per heavy atom. The summed E-state index contributed by atoms with van der Waals surface area (Å²) in [6, 6.07) is 1.05. The van der Waals surface area contributed by atoms with Crippen molar-refractivity contribution in [2.45, 2.75) is 44.9 Å². The van der Waals surface area contributed by atoms with E-state index >= 15 is 0 Å². The molecule has 0 unspecified atom stereocenters. The van der Waals surface area contributed by atoms with Crippen molar-refractivity contribution in [3.8, 4) is 11.8 Å². The van der Waals surface area contributed by atoms with Gasteiger partial charge in [0.2, 0.25) is 0 Å². The van der Waals surface area contributed by atoms with Crippen LogP contribution in [0.2, 0.25) is 25.7 Å². The van der Waals surface area contributed by atoms with Crippen molar-refractivity contribution in [1.29, 1.82) is 0 Å². The summed E-state index contributed by atoms with van der Waals surface area (Å²) in [6.07, 6.45) is 4.84. The fourth-order valence-corrected chi connectivity index (χ4v) is 1.91. The number of methoxy groups -OCH3 is 1. The molecule has 0 aliphatic rings. The van der Waals surface area contributed by atoms with E-state index in [9.17, 15) is 4.79 Å². The van der Waals surface area contributed by atoms with Crippen LogP contribution in [0.1, 0.15) is 19.3 Å². The molecule has 0 saturated carbocycles. The van der Waals surface area contributed by atoms with Crippen molar-refractivity contribution in [3.05, 3.63) is 11.8 Å². The van der Waals surface area contributed by atoms with Crippen molar-refractivity contribution >= 4 is 20.3 Å². The topological polar surface area (TPSA) is 58.9 Å². The van der Waals surface area contributed by atoms with Crippen molar-refractivity contribution in [1.82, 2.24) is 0 Å². The summed E-state index contributed by atoms with van der Waals surface area (Å²) in [6.45, 7) is 7.54. The number of esters is 1. The molecule has 0 aliphatic heterocycles. The van der Waals surface area contributed by atoms with Gasteiger partial charge in [0.1, 0.15) is 5.57 Å². The Balaban J connectivity index is 3.80. The molecule has 0 bridgehead atoms. The van der Waals surface area contributed by atoms with E-state index in [0.29, 0.717) is 12.8 Å². The molecule has 0 fully saturated rings. The van der Waals surface area contributed by atoms with Gasteiger partial charge < -0.3 is 9.84 Å². The van der Waals surface area contributed by atoms with Gasteiger partial charge in [0.05, 0.1) is 21.4 Å². The minimum atomic E-state index is -1.04. The van der Waals surface area contributed by atoms with Crippen molar-refractivity contribution < 1.29 is 14.6 Å². The third-order valence-corrected chi connectivity index (χ3v) is 3.61. The van der Waals surface area contributed by atoms with E-state index in [1.165, 1.54) is 13.3 Å². The van der Waals surface area contributed by atoms with Gasteiger partial charge in [-0.2, -0.15) is 0 Å². The van der Waals surface area contributed by atoms with Crippen LogP contribution in [0.25, 0.3) is 0 Å². The maximum Gasteiger partial charge on any atom is 0.342 e. The van der Waals surface area contributed by atoms with Crippen molar-refractivity contribution in [2.24, 2.45) is 4.99 Å². The molecule has 0 saturated heterocycles. The number of ether oxygens (including phenoxy) is 1. The molecule has 0 heterocycles. The van der Waals surface area contributed by atoms with Crippen LogP contribution in [0.4, 0.5) is 0 Å². The average molecular weight is 295 g/mol. The Bertz CT molecular complexity index is 411. The zero-order valence-corrected chi connectivity index (χ0v) is 13.9. The van der Waals surface area contributed by atoms with Crippen molar-refractivity contribution in [2.75, 3.05) is 13.7 Å². The Morgan fingerprint density at radius 1 is 1.30 bits per heavy atom. The van der Waals surface area contributed by atoms with Gasteiger partial charge in [-0.25, -0.2) is 4.79 Å². The van der Waals surface area contributed by atoms with Gasteiger partial charge in [0.15, 0.2) is 0 Å². The first-order valence-electron chi connectivity index (χ1n) is 6.79. The first-order chi connectivity index (χ1) is 9.40. The highest BCUT2D eigenvalue weighted by Crippen LogP contribution is 2.06. The molecule has 0 amide bonds. The van der Waals surface area contributed by atoms with Crippen LogP contribution in [0.3, 0.4) is 0 Å². The van der Waals surface area contributed by atoms with E-state index in [2.05, 4.69) is 41.2 Å². The molecule has 1 N–H and O–H groups in total. The third kappa shape index (κ3) is 10.4. The number of rotatable bonds is 7. The highest BCUT2D eigenvalue weighted by molar-refractivity contribution is 6.76. The second-order valence-corrected chi connectivity index (χ2v) is 11.1. The van der Waals surface area contributed by atoms with Crippen LogP contribution in [-0.4, -0.2) is 39.0 Å². The minimum Gasteiger partial charge on any atom is -0.515 e. The molecule has 0 atom stereocenters. The molecule has 0 aliphatic carbocycles. The first-order valence-corrected chi connectivity index (χ1v) is 10.5. The lowest BCUT2D eigenvalue weighted by atomic mass is 10.2. The highest BCUT2D eigenvalue weighted by atomic mass is 28.3. The van der Waals surface area contributed by atoms with Crippen molar-refractivity contribution in [3.63, 3.8) is 0 Å². The standard InChI is InChI=1S/C15H25NO3Si/c1-19-15(18)14(13-17)12-16-10-8-6-5-7-9-11-20(2,3)4/h12-13,17H,5-6,8,10-11H2,1-4H3/b14-13+,16-12?. The summed E-state index contributed by atoms with van der Waals surface area (Å²) in [4.78, 5) is 15.2. The Hall–Kier alpha value is -1.54. The summed E-state index contributed by atoms with van der Waals surface area (Å²) in [5, 5.41) is 8.82. The summed E-state index contributed by atoms with van der Waals surface area (Å²) < 4.78 is 4.48. The maximum absolute atomic E-state index is 11.1. The quantitative estimate of drug-likeness (QED) is 0.149. The van der Waals surface area contributed by atoms with Crippen LogP contribution in [0.5, 0.6) is 0 Å². The number of nitrogens with zero attached hydrogens (tertiary/aromatic N) is 1. The smallest absolute Gasteiger partial charge is 0.342 e. The lowest BCUT2D eigenvalue weighted by molar-refractivity contribution is -0.135. The first kappa shape index (κ1) is 18.5. The fraction of sp³-hybridized carbons (Fsp3) is 0.600. The lowest BCUT2D eigenvalue weighted by Gasteiger charge is -2.09. The monoisotopic (exact) mass is 295 g/mol. The number of unbranched alkanes of at least 4 members (excludes halogenated alkanes) is 2. The van der Waals surface area contributed by atoms with Crippen LogP contribution in [0.15, 0.2) is 16.8 Å². The Kier molecular flexibility index (Phi) is 9.48. The van der Waals surface area contributed by atoms with Crippen LogP contribution in [-0.2, 0) is 9.53 Å². The predicted molar refractivity (Wildman–Crippen MR) is 85.9 cm³/mol. The fourth-order valence-electron chi connectivity index (χ4n) is 1.25. The van der Waals surface area contributed by atoms with Gasteiger partial charge in [-0.15, -0.1) is 11.8 Å². The normalized spacial score (nSPS) is 12.1. The molecule has 112 valence electrons. The number of aliphatic imine (C=N–C) groups is 1. The summed E-state index contributed by atoms with van der Waals surface area (Å²) >= 11 is 0. The lowest BCUT2D eigenvalue weighted by Crippen LogP contribution is -2.17. The zero-order valence-electron chi connectivity index (χ0n) is 12.9. The number of aliphatic hydroxyl groups excluding tert-OH is 1.